The van der Waals surface area contributed by atoms with E-state index in [1.165, 1.54) is 0 Å². The van der Waals surface area contributed by atoms with Gasteiger partial charge in [0.1, 0.15) is 0 Å². The Bertz CT molecular complexity index is 655. The summed E-state index contributed by atoms with van der Waals surface area (Å²) >= 11 is 3.39. The molecule has 1 fully saturated rings. The van der Waals surface area contributed by atoms with Crippen LogP contribution in [0.4, 0.5) is 0 Å². The molecule has 0 aliphatic carbocycles. The number of likely N-dealkylation sites (tertiary alicyclic amines) is 1. The lowest BCUT2D eigenvalue weighted by molar-refractivity contribution is 0.0953. The molecule has 158 valence electrons. The van der Waals surface area contributed by atoms with Gasteiger partial charge in [0, 0.05) is 55.3 Å². The monoisotopic (exact) mass is 565 g/mol. The molecule has 0 spiro atoms. The predicted molar refractivity (Wildman–Crippen MR) is 131 cm³/mol. The summed E-state index contributed by atoms with van der Waals surface area (Å²) in [6.45, 7) is 10.3. The summed E-state index contributed by atoms with van der Waals surface area (Å²) in [7, 11) is 1.80. The summed E-state index contributed by atoms with van der Waals surface area (Å²) in [6, 6.07) is 8.39. The third-order valence-electron chi connectivity index (χ3n) is 4.93. The fourth-order valence-corrected chi connectivity index (χ4v) is 3.61. The van der Waals surface area contributed by atoms with Crippen molar-refractivity contribution in [3.05, 3.63) is 34.3 Å². The smallest absolute Gasteiger partial charge is 0.251 e. The Balaban J connectivity index is 0.00000392. The number of benzene rings is 1. The van der Waals surface area contributed by atoms with E-state index < -0.39 is 0 Å². The third kappa shape index (κ3) is 7.87. The van der Waals surface area contributed by atoms with Crippen LogP contribution < -0.4 is 16.0 Å². The van der Waals surface area contributed by atoms with Gasteiger partial charge in [-0.2, -0.15) is 0 Å². The maximum absolute atomic E-state index is 12.1. The molecule has 1 heterocycles. The van der Waals surface area contributed by atoms with Crippen molar-refractivity contribution in [2.24, 2.45) is 10.9 Å². The van der Waals surface area contributed by atoms with Crippen LogP contribution in [-0.2, 0) is 0 Å². The maximum atomic E-state index is 12.1. The largest absolute Gasteiger partial charge is 0.356 e. The normalized spacial score (nSPS) is 20.0. The molecule has 28 heavy (non-hydrogen) atoms. The zero-order valence-electron chi connectivity index (χ0n) is 17.2. The lowest BCUT2D eigenvalue weighted by Gasteiger charge is -2.22. The van der Waals surface area contributed by atoms with Crippen molar-refractivity contribution in [3.63, 3.8) is 0 Å². The molecule has 2 atom stereocenters. The first-order valence-electron chi connectivity index (χ1n) is 9.65. The second kappa shape index (κ2) is 12.6. The Labute approximate surface area is 194 Å². The van der Waals surface area contributed by atoms with Crippen LogP contribution in [0.5, 0.6) is 0 Å². The number of nitrogens with one attached hydrogen (secondary N) is 3. The number of hydrogen-bond acceptors (Lipinski definition) is 3. The van der Waals surface area contributed by atoms with E-state index >= 15 is 0 Å². The van der Waals surface area contributed by atoms with Gasteiger partial charge < -0.3 is 16.0 Å². The molecule has 3 N–H and O–H groups in total. The molecular formula is C20H33BrIN5O. The standard InChI is InChI=1S/C20H32BrN5O.HI/c1-14(2)26-12-15(3)18(13-26)25-20(22-4)24-10-6-9-23-19(27)16-7-5-8-17(21)11-16;/h5,7-8,11,14-15,18H,6,9-10,12-13H2,1-4H3,(H,23,27)(H2,22,24,25);1H. The Hall–Kier alpha value is -0.870. The summed E-state index contributed by atoms with van der Waals surface area (Å²) in [5, 5.41) is 9.83. The molecule has 1 aromatic carbocycles. The summed E-state index contributed by atoms with van der Waals surface area (Å²) in [5.41, 5.74) is 0.666. The number of halogens is 2. The Kier molecular flexibility index (Phi) is 11.4. The van der Waals surface area contributed by atoms with Gasteiger partial charge in [-0.25, -0.2) is 0 Å². The number of hydrogen-bond donors (Lipinski definition) is 3. The highest BCUT2D eigenvalue weighted by Crippen LogP contribution is 2.18. The summed E-state index contributed by atoms with van der Waals surface area (Å²) in [4.78, 5) is 18.9. The Morgan fingerprint density at radius 3 is 2.61 bits per heavy atom. The molecule has 0 aromatic heterocycles. The number of rotatable bonds is 7. The van der Waals surface area contributed by atoms with Crippen molar-refractivity contribution in [1.29, 1.82) is 0 Å². The molecule has 0 saturated carbocycles. The number of guanidine groups is 1. The van der Waals surface area contributed by atoms with E-state index in [1.54, 1.807) is 7.05 Å². The quantitative estimate of drug-likeness (QED) is 0.206. The minimum Gasteiger partial charge on any atom is -0.356 e. The maximum Gasteiger partial charge on any atom is 0.251 e. The first kappa shape index (κ1) is 25.2. The molecule has 2 rings (SSSR count). The molecule has 8 heteroatoms. The molecule has 0 radical (unpaired) electrons. The first-order valence-corrected chi connectivity index (χ1v) is 10.4. The molecule has 1 aliphatic heterocycles. The molecule has 6 nitrogen and oxygen atoms in total. The van der Waals surface area contributed by atoms with Gasteiger partial charge in [-0.05, 0) is 44.4 Å². The van der Waals surface area contributed by atoms with E-state index in [2.05, 4.69) is 62.5 Å². The summed E-state index contributed by atoms with van der Waals surface area (Å²) in [6.07, 6.45) is 0.832. The summed E-state index contributed by atoms with van der Waals surface area (Å²) in [5.74, 6) is 1.37. The van der Waals surface area contributed by atoms with Crippen molar-refractivity contribution in [3.8, 4) is 0 Å². The molecule has 1 saturated heterocycles. The van der Waals surface area contributed by atoms with Gasteiger partial charge in [0.2, 0.25) is 0 Å². The zero-order valence-corrected chi connectivity index (χ0v) is 21.1. The van der Waals surface area contributed by atoms with Crippen LogP contribution in [0.2, 0.25) is 0 Å². The van der Waals surface area contributed by atoms with Crippen molar-refractivity contribution in [2.45, 2.75) is 39.3 Å². The second-order valence-corrected chi connectivity index (χ2v) is 8.31. The van der Waals surface area contributed by atoms with Crippen molar-refractivity contribution >= 4 is 51.8 Å². The van der Waals surface area contributed by atoms with Gasteiger partial charge in [0.25, 0.3) is 5.91 Å². The number of carbonyl (C=O) groups is 1. The molecular weight excluding hydrogens is 533 g/mol. The molecule has 0 bridgehead atoms. The van der Waals surface area contributed by atoms with Gasteiger partial charge in [-0.3, -0.25) is 14.7 Å². The minimum atomic E-state index is -0.0487. The van der Waals surface area contributed by atoms with Crippen molar-refractivity contribution < 1.29 is 4.79 Å². The zero-order chi connectivity index (χ0) is 19.8. The highest BCUT2D eigenvalue weighted by molar-refractivity contribution is 14.0. The van der Waals surface area contributed by atoms with Gasteiger partial charge in [-0.15, -0.1) is 24.0 Å². The average molecular weight is 566 g/mol. The van der Waals surface area contributed by atoms with E-state index in [-0.39, 0.29) is 29.9 Å². The topological polar surface area (TPSA) is 68.8 Å². The SMILES string of the molecule is CN=C(NCCCNC(=O)c1cccc(Br)c1)NC1CN(C(C)C)CC1C.I. The van der Waals surface area contributed by atoms with E-state index in [4.69, 9.17) is 0 Å². The second-order valence-electron chi connectivity index (χ2n) is 7.39. The predicted octanol–water partition coefficient (Wildman–Crippen LogP) is 3.08. The number of aliphatic imine (C=N–C) groups is 1. The molecule has 1 amide bonds. The summed E-state index contributed by atoms with van der Waals surface area (Å²) < 4.78 is 0.906. The van der Waals surface area contributed by atoms with Gasteiger partial charge in [0.05, 0.1) is 0 Å². The third-order valence-corrected chi connectivity index (χ3v) is 5.43. The van der Waals surface area contributed by atoms with E-state index in [1.807, 2.05) is 24.3 Å². The van der Waals surface area contributed by atoms with Crippen LogP contribution in [-0.4, -0.2) is 62.1 Å². The Morgan fingerprint density at radius 2 is 2.00 bits per heavy atom. The van der Waals surface area contributed by atoms with Crippen molar-refractivity contribution in [1.82, 2.24) is 20.9 Å². The fourth-order valence-electron chi connectivity index (χ4n) is 3.21. The van der Waals surface area contributed by atoms with Crippen LogP contribution in [0.1, 0.15) is 37.6 Å². The molecule has 2 unspecified atom stereocenters. The molecule has 1 aromatic rings. The van der Waals surface area contributed by atoms with E-state index in [0.717, 1.165) is 36.5 Å². The number of carbonyl (C=O) groups excluding carboxylic acids is 1. The van der Waals surface area contributed by atoms with E-state index in [0.29, 0.717) is 30.1 Å². The molecule has 1 aliphatic rings. The lowest BCUT2D eigenvalue weighted by Crippen LogP contribution is -2.47. The van der Waals surface area contributed by atoms with Gasteiger partial charge in [-0.1, -0.05) is 28.9 Å². The lowest BCUT2D eigenvalue weighted by atomic mass is 10.1. The van der Waals surface area contributed by atoms with Crippen molar-refractivity contribution in [2.75, 3.05) is 33.2 Å². The van der Waals surface area contributed by atoms with Gasteiger partial charge in [0.15, 0.2) is 5.96 Å². The highest BCUT2D eigenvalue weighted by Gasteiger charge is 2.31. The van der Waals surface area contributed by atoms with Crippen LogP contribution in [0, 0.1) is 5.92 Å². The highest BCUT2D eigenvalue weighted by atomic mass is 127. The first-order chi connectivity index (χ1) is 12.9. The number of amides is 1. The van der Waals surface area contributed by atoms with E-state index in [9.17, 15) is 4.79 Å². The average Bonchev–Trinajstić information content (AvgIpc) is 3.01. The number of nitrogens with zero attached hydrogens (tertiary/aromatic N) is 2. The van der Waals surface area contributed by atoms with Crippen LogP contribution in [0.15, 0.2) is 33.7 Å². The van der Waals surface area contributed by atoms with Gasteiger partial charge >= 0.3 is 0 Å². The van der Waals surface area contributed by atoms with Crippen LogP contribution in [0.3, 0.4) is 0 Å². The fraction of sp³-hybridized carbons (Fsp3) is 0.600. The van der Waals surface area contributed by atoms with Crippen LogP contribution >= 0.6 is 39.9 Å². The van der Waals surface area contributed by atoms with Crippen LogP contribution in [0.25, 0.3) is 0 Å². The minimum absolute atomic E-state index is 0. The Morgan fingerprint density at radius 1 is 1.29 bits per heavy atom.